The number of aromatic nitrogens is 2. The highest BCUT2D eigenvalue weighted by atomic mass is 16.2. The molecule has 0 aliphatic carbocycles. The Bertz CT molecular complexity index is 625. The number of rotatable bonds is 2. The molecule has 1 unspecified atom stereocenters. The van der Waals surface area contributed by atoms with Gasteiger partial charge in [-0.3, -0.25) is 14.5 Å². The van der Waals surface area contributed by atoms with Crippen LogP contribution in [0.4, 0.5) is 0 Å². The van der Waals surface area contributed by atoms with Crippen molar-refractivity contribution in [3.05, 3.63) is 23.3 Å². The number of piperazine rings is 1. The van der Waals surface area contributed by atoms with E-state index in [1.807, 2.05) is 18.7 Å². The zero-order valence-electron chi connectivity index (χ0n) is 14.4. The number of hydrogen-bond donors (Lipinski definition) is 1. The van der Waals surface area contributed by atoms with Crippen molar-refractivity contribution in [2.75, 3.05) is 32.7 Å². The average Bonchev–Trinajstić information content (AvgIpc) is 2.79. The van der Waals surface area contributed by atoms with Crippen LogP contribution in [-0.4, -0.2) is 70.3 Å². The number of nitrogens with zero attached hydrogens (tertiary/aromatic N) is 4. The Balaban J connectivity index is 1.62. The first-order valence-corrected chi connectivity index (χ1v) is 8.67. The number of carbonyl (C=O) groups excluding carboxylic acids is 2. The Hall–Kier alpha value is -2.02. The Morgan fingerprint density at radius 3 is 2.67 bits per heavy atom. The minimum Gasteiger partial charge on any atom is -0.355 e. The molecule has 2 aliphatic rings. The van der Waals surface area contributed by atoms with E-state index >= 15 is 0 Å². The SMILES string of the molecule is Cc1ncc(C(=O)N2CCN(C3CCCCNC3=O)CC2)c(C)n1. The third-order valence-electron chi connectivity index (χ3n) is 4.88. The molecule has 1 N–H and O–H groups in total. The molecule has 1 aromatic rings. The van der Waals surface area contributed by atoms with E-state index in [0.717, 1.165) is 44.6 Å². The Morgan fingerprint density at radius 1 is 1.21 bits per heavy atom. The van der Waals surface area contributed by atoms with Crippen LogP contribution in [0.1, 0.15) is 41.1 Å². The van der Waals surface area contributed by atoms with Gasteiger partial charge in [-0.2, -0.15) is 0 Å². The maximum absolute atomic E-state index is 12.7. The van der Waals surface area contributed by atoms with Crippen LogP contribution in [0, 0.1) is 13.8 Å². The third kappa shape index (κ3) is 3.56. The molecule has 0 saturated carbocycles. The van der Waals surface area contributed by atoms with Crippen LogP contribution in [0.25, 0.3) is 0 Å². The molecular formula is C17H25N5O2. The summed E-state index contributed by atoms with van der Waals surface area (Å²) in [6, 6.07) is -0.0470. The van der Waals surface area contributed by atoms with Crippen molar-refractivity contribution in [1.29, 1.82) is 0 Å². The largest absolute Gasteiger partial charge is 0.355 e. The molecule has 0 spiro atoms. The molecule has 7 nitrogen and oxygen atoms in total. The second-order valence-corrected chi connectivity index (χ2v) is 6.55. The molecule has 3 heterocycles. The van der Waals surface area contributed by atoms with Gasteiger partial charge in [0.2, 0.25) is 5.91 Å². The van der Waals surface area contributed by atoms with Crippen LogP contribution < -0.4 is 5.32 Å². The van der Waals surface area contributed by atoms with E-state index in [-0.39, 0.29) is 17.9 Å². The highest BCUT2D eigenvalue weighted by Gasteiger charge is 2.31. The van der Waals surface area contributed by atoms with E-state index in [1.54, 1.807) is 6.20 Å². The van der Waals surface area contributed by atoms with Gasteiger partial charge in [0.25, 0.3) is 5.91 Å². The van der Waals surface area contributed by atoms with Crippen LogP contribution in [0.15, 0.2) is 6.20 Å². The van der Waals surface area contributed by atoms with E-state index in [0.29, 0.717) is 24.5 Å². The molecule has 2 fully saturated rings. The van der Waals surface area contributed by atoms with Crippen molar-refractivity contribution in [3.8, 4) is 0 Å². The summed E-state index contributed by atoms with van der Waals surface area (Å²) in [6.45, 7) is 7.17. The molecule has 24 heavy (non-hydrogen) atoms. The maximum Gasteiger partial charge on any atom is 0.257 e. The van der Waals surface area contributed by atoms with Crippen molar-refractivity contribution in [2.24, 2.45) is 0 Å². The average molecular weight is 331 g/mol. The molecule has 7 heteroatoms. The van der Waals surface area contributed by atoms with Crippen LogP contribution in [-0.2, 0) is 4.79 Å². The minimum absolute atomic E-state index is 0.0162. The molecule has 1 aromatic heterocycles. The predicted octanol–water partition coefficient (Wildman–Crippen LogP) is 0.520. The first-order valence-electron chi connectivity index (χ1n) is 8.67. The molecule has 130 valence electrons. The fourth-order valence-electron chi connectivity index (χ4n) is 3.47. The van der Waals surface area contributed by atoms with E-state index in [4.69, 9.17) is 0 Å². The van der Waals surface area contributed by atoms with Crippen LogP contribution in [0.5, 0.6) is 0 Å². The molecular weight excluding hydrogens is 306 g/mol. The minimum atomic E-state index is -0.0470. The van der Waals surface area contributed by atoms with Gasteiger partial charge in [0, 0.05) is 38.9 Å². The summed E-state index contributed by atoms with van der Waals surface area (Å²) in [7, 11) is 0. The zero-order valence-corrected chi connectivity index (χ0v) is 14.4. The van der Waals surface area contributed by atoms with Crippen LogP contribution in [0.3, 0.4) is 0 Å². The van der Waals surface area contributed by atoms with E-state index < -0.39 is 0 Å². The fourth-order valence-corrected chi connectivity index (χ4v) is 3.47. The molecule has 2 amide bonds. The summed E-state index contributed by atoms with van der Waals surface area (Å²) in [6.07, 6.45) is 4.64. The first-order chi connectivity index (χ1) is 11.6. The number of amides is 2. The lowest BCUT2D eigenvalue weighted by Gasteiger charge is -2.38. The van der Waals surface area contributed by atoms with E-state index in [9.17, 15) is 9.59 Å². The summed E-state index contributed by atoms with van der Waals surface area (Å²) >= 11 is 0. The summed E-state index contributed by atoms with van der Waals surface area (Å²) in [4.78, 5) is 37.3. The van der Waals surface area contributed by atoms with Gasteiger partial charge in [0.15, 0.2) is 0 Å². The van der Waals surface area contributed by atoms with Gasteiger partial charge in [-0.15, -0.1) is 0 Å². The summed E-state index contributed by atoms with van der Waals surface area (Å²) in [5.74, 6) is 0.792. The number of hydrogen-bond acceptors (Lipinski definition) is 5. The Labute approximate surface area is 142 Å². The third-order valence-corrected chi connectivity index (χ3v) is 4.88. The van der Waals surface area contributed by atoms with Crippen molar-refractivity contribution >= 4 is 11.8 Å². The summed E-state index contributed by atoms with van der Waals surface area (Å²) in [5.41, 5.74) is 1.29. The van der Waals surface area contributed by atoms with Crippen molar-refractivity contribution in [3.63, 3.8) is 0 Å². The van der Waals surface area contributed by atoms with Crippen molar-refractivity contribution < 1.29 is 9.59 Å². The van der Waals surface area contributed by atoms with E-state index in [1.165, 1.54) is 0 Å². The summed E-state index contributed by atoms with van der Waals surface area (Å²) in [5, 5.41) is 2.99. The molecule has 1 atom stereocenters. The number of aryl methyl sites for hydroxylation is 2. The topological polar surface area (TPSA) is 78.4 Å². The predicted molar refractivity (Wildman–Crippen MR) is 89.6 cm³/mol. The molecule has 0 radical (unpaired) electrons. The molecule has 0 bridgehead atoms. The molecule has 0 aromatic carbocycles. The second-order valence-electron chi connectivity index (χ2n) is 6.55. The van der Waals surface area contributed by atoms with Gasteiger partial charge in [-0.05, 0) is 33.1 Å². The van der Waals surface area contributed by atoms with Crippen molar-refractivity contribution in [1.82, 2.24) is 25.1 Å². The van der Waals surface area contributed by atoms with Gasteiger partial charge < -0.3 is 10.2 Å². The number of nitrogens with one attached hydrogen (secondary N) is 1. The number of carbonyl (C=O) groups is 2. The lowest BCUT2D eigenvalue weighted by Crippen LogP contribution is -2.55. The monoisotopic (exact) mass is 331 g/mol. The van der Waals surface area contributed by atoms with Gasteiger partial charge >= 0.3 is 0 Å². The van der Waals surface area contributed by atoms with Gasteiger partial charge in [-0.25, -0.2) is 9.97 Å². The fraction of sp³-hybridized carbons (Fsp3) is 0.647. The maximum atomic E-state index is 12.7. The Morgan fingerprint density at radius 2 is 1.96 bits per heavy atom. The highest BCUT2D eigenvalue weighted by Crippen LogP contribution is 2.17. The van der Waals surface area contributed by atoms with Gasteiger partial charge in [0.05, 0.1) is 17.3 Å². The molecule has 2 aliphatic heterocycles. The first kappa shape index (κ1) is 16.8. The van der Waals surface area contributed by atoms with Gasteiger partial charge in [-0.1, -0.05) is 0 Å². The Kier molecular flexibility index (Phi) is 5.08. The van der Waals surface area contributed by atoms with Crippen molar-refractivity contribution in [2.45, 2.75) is 39.2 Å². The molecule has 2 saturated heterocycles. The highest BCUT2D eigenvalue weighted by molar-refractivity contribution is 5.95. The zero-order chi connectivity index (χ0) is 17.1. The van der Waals surface area contributed by atoms with Gasteiger partial charge in [0.1, 0.15) is 5.82 Å². The quantitative estimate of drug-likeness (QED) is 0.855. The normalized spacial score (nSPS) is 22.8. The standard InChI is InChI=1S/C17H25N5O2/c1-12-14(11-19-13(2)20-12)17(24)22-9-7-21(8-10-22)15-5-3-4-6-18-16(15)23/h11,15H,3-10H2,1-2H3,(H,18,23). The lowest BCUT2D eigenvalue weighted by molar-refractivity contribution is -0.126. The molecule has 3 rings (SSSR count). The lowest BCUT2D eigenvalue weighted by atomic mass is 10.1. The van der Waals surface area contributed by atoms with Crippen LogP contribution >= 0.6 is 0 Å². The van der Waals surface area contributed by atoms with Crippen LogP contribution in [0.2, 0.25) is 0 Å². The smallest absolute Gasteiger partial charge is 0.257 e. The summed E-state index contributed by atoms with van der Waals surface area (Å²) < 4.78 is 0. The van der Waals surface area contributed by atoms with E-state index in [2.05, 4.69) is 20.2 Å². The second kappa shape index (κ2) is 7.25.